The van der Waals surface area contributed by atoms with Gasteiger partial charge in [0.25, 0.3) is 0 Å². The second-order valence-corrected chi connectivity index (χ2v) is 5.58. The lowest BCUT2D eigenvalue weighted by atomic mass is 9.99. The third-order valence-electron chi connectivity index (χ3n) is 3.18. The van der Waals surface area contributed by atoms with Crippen LogP contribution in [0.15, 0.2) is 6.07 Å². The molecule has 1 aromatic rings. The summed E-state index contributed by atoms with van der Waals surface area (Å²) in [5, 5.41) is 8.20. The van der Waals surface area contributed by atoms with E-state index in [1.165, 1.54) is 18.5 Å². The summed E-state index contributed by atoms with van der Waals surface area (Å²) in [7, 11) is 0. The lowest BCUT2D eigenvalue weighted by Gasteiger charge is -2.20. The Kier molecular flexibility index (Phi) is 6.41. The molecule has 0 saturated carbocycles. The molecule has 1 rings (SSSR count). The summed E-state index contributed by atoms with van der Waals surface area (Å²) in [5.41, 5.74) is 2.50. The fraction of sp³-hybridized carbons (Fsp3) is 0.800. The Morgan fingerprint density at radius 2 is 2.06 bits per heavy atom. The highest BCUT2D eigenvalue weighted by atomic mass is 15.3. The van der Waals surface area contributed by atoms with Crippen molar-refractivity contribution in [2.45, 2.75) is 66.5 Å². The quantitative estimate of drug-likeness (QED) is 0.769. The summed E-state index contributed by atoms with van der Waals surface area (Å²) < 4.78 is 2.14. The molecule has 1 unspecified atom stereocenters. The number of rotatable bonds is 8. The molecule has 0 spiro atoms. The van der Waals surface area contributed by atoms with Crippen LogP contribution in [0.3, 0.4) is 0 Å². The molecule has 1 heterocycles. The van der Waals surface area contributed by atoms with Crippen molar-refractivity contribution < 1.29 is 0 Å². The summed E-state index contributed by atoms with van der Waals surface area (Å²) >= 11 is 0. The lowest BCUT2D eigenvalue weighted by Crippen LogP contribution is -2.33. The van der Waals surface area contributed by atoms with Crippen molar-refractivity contribution in [2.75, 3.05) is 6.54 Å². The predicted molar refractivity (Wildman–Crippen MR) is 77.9 cm³/mol. The zero-order valence-corrected chi connectivity index (χ0v) is 12.7. The van der Waals surface area contributed by atoms with Gasteiger partial charge in [-0.25, -0.2) is 0 Å². The topological polar surface area (TPSA) is 29.9 Å². The first-order valence-corrected chi connectivity index (χ1v) is 7.33. The second kappa shape index (κ2) is 7.57. The monoisotopic (exact) mass is 251 g/mol. The number of aryl methyl sites for hydroxylation is 2. The van der Waals surface area contributed by atoms with Gasteiger partial charge in [-0.05, 0) is 45.2 Å². The summed E-state index contributed by atoms with van der Waals surface area (Å²) in [5.74, 6) is 0.735. The van der Waals surface area contributed by atoms with E-state index in [4.69, 9.17) is 0 Å². The molecule has 104 valence electrons. The van der Waals surface area contributed by atoms with Crippen LogP contribution in [0.4, 0.5) is 0 Å². The lowest BCUT2D eigenvalue weighted by molar-refractivity contribution is 0.407. The summed E-state index contributed by atoms with van der Waals surface area (Å²) in [6.07, 6.45) is 3.52. The van der Waals surface area contributed by atoms with Crippen molar-refractivity contribution in [3.8, 4) is 0 Å². The molecule has 0 aliphatic carbocycles. The van der Waals surface area contributed by atoms with Crippen LogP contribution in [0.1, 0.15) is 51.9 Å². The normalized spacial score (nSPS) is 13.2. The number of hydrogen-bond acceptors (Lipinski definition) is 2. The van der Waals surface area contributed by atoms with Gasteiger partial charge < -0.3 is 5.32 Å². The Morgan fingerprint density at radius 1 is 1.33 bits per heavy atom. The van der Waals surface area contributed by atoms with E-state index in [0.717, 1.165) is 31.1 Å². The van der Waals surface area contributed by atoms with Gasteiger partial charge in [0.2, 0.25) is 0 Å². The molecule has 0 radical (unpaired) electrons. The molecule has 1 N–H and O–H groups in total. The molecular formula is C15H29N3. The van der Waals surface area contributed by atoms with E-state index < -0.39 is 0 Å². The molecule has 3 heteroatoms. The Morgan fingerprint density at radius 3 is 2.61 bits per heavy atom. The van der Waals surface area contributed by atoms with E-state index in [1.807, 2.05) is 0 Å². The molecule has 0 aromatic carbocycles. The molecule has 0 bridgehead atoms. The second-order valence-electron chi connectivity index (χ2n) is 5.58. The maximum absolute atomic E-state index is 4.53. The first-order valence-electron chi connectivity index (χ1n) is 7.33. The van der Waals surface area contributed by atoms with Gasteiger partial charge in [0.05, 0.1) is 5.69 Å². The van der Waals surface area contributed by atoms with Gasteiger partial charge in [-0.2, -0.15) is 5.10 Å². The SMILES string of the molecule is CCCNC(Cc1cc(C)nn1CC)CC(C)C. The molecule has 0 saturated heterocycles. The minimum atomic E-state index is 0.575. The average Bonchev–Trinajstić information content (AvgIpc) is 2.65. The molecule has 0 aliphatic heterocycles. The smallest absolute Gasteiger partial charge is 0.0596 e. The third-order valence-corrected chi connectivity index (χ3v) is 3.18. The summed E-state index contributed by atoms with van der Waals surface area (Å²) in [6.45, 7) is 13.1. The van der Waals surface area contributed by atoms with Crippen LogP contribution in [0, 0.1) is 12.8 Å². The van der Waals surface area contributed by atoms with Gasteiger partial charge in [0, 0.05) is 24.7 Å². The van der Waals surface area contributed by atoms with E-state index in [9.17, 15) is 0 Å². The van der Waals surface area contributed by atoms with Gasteiger partial charge in [-0.1, -0.05) is 20.8 Å². The molecular weight excluding hydrogens is 222 g/mol. The maximum atomic E-state index is 4.53. The third kappa shape index (κ3) is 4.81. The van der Waals surface area contributed by atoms with Crippen molar-refractivity contribution in [2.24, 2.45) is 5.92 Å². The van der Waals surface area contributed by atoms with Crippen molar-refractivity contribution in [1.29, 1.82) is 0 Å². The van der Waals surface area contributed by atoms with Crippen molar-refractivity contribution in [3.05, 3.63) is 17.5 Å². The van der Waals surface area contributed by atoms with Crippen LogP contribution in [-0.4, -0.2) is 22.4 Å². The zero-order chi connectivity index (χ0) is 13.5. The molecule has 3 nitrogen and oxygen atoms in total. The van der Waals surface area contributed by atoms with E-state index in [2.05, 4.69) is 55.8 Å². The van der Waals surface area contributed by atoms with Gasteiger partial charge in [-0.3, -0.25) is 4.68 Å². The summed E-state index contributed by atoms with van der Waals surface area (Å²) in [6, 6.07) is 2.80. The van der Waals surface area contributed by atoms with Crippen LogP contribution in [-0.2, 0) is 13.0 Å². The maximum Gasteiger partial charge on any atom is 0.0596 e. The fourth-order valence-corrected chi connectivity index (χ4v) is 2.45. The number of nitrogens with zero attached hydrogens (tertiary/aromatic N) is 2. The van der Waals surface area contributed by atoms with E-state index >= 15 is 0 Å². The first kappa shape index (κ1) is 15.2. The van der Waals surface area contributed by atoms with Crippen molar-refractivity contribution in [1.82, 2.24) is 15.1 Å². The van der Waals surface area contributed by atoms with Crippen LogP contribution >= 0.6 is 0 Å². The molecule has 0 amide bonds. The van der Waals surface area contributed by atoms with Crippen molar-refractivity contribution >= 4 is 0 Å². The highest BCUT2D eigenvalue weighted by molar-refractivity contribution is 5.10. The molecule has 0 aliphatic rings. The largest absolute Gasteiger partial charge is 0.314 e. The number of nitrogens with one attached hydrogen (secondary N) is 1. The van der Waals surface area contributed by atoms with E-state index in [-0.39, 0.29) is 0 Å². The first-order chi connectivity index (χ1) is 8.56. The van der Waals surface area contributed by atoms with E-state index in [0.29, 0.717) is 6.04 Å². The number of hydrogen-bond donors (Lipinski definition) is 1. The van der Waals surface area contributed by atoms with Crippen LogP contribution in [0.2, 0.25) is 0 Å². The van der Waals surface area contributed by atoms with Crippen LogP contribution in [0.25, 0.3) is 0 Å². The van der Waals surface area contributed by atoms with Crippen LogP contribution in [0.5, 0.6) is 0 Å². The highest BCUT2D eigenvalue weighted by Gasteiger charge is 2.14. The average molecular weight is 251 g/mol. The molecule has 1 atom stereocenters. The van der Waals surface area contributed by atoms with Gasteiger partial charge >= 0.3 is 0 Å². The minimum absolute atomic E-state index is 0.575. The summed E-state index contributed by atoms with van der Waals surface area (Å²) in [4.78, 5) is 0. The molecule has 1 aromatic heterocycles. The minimum Gasteiger partial charge on any atom is -0.314 e. The van der Waals surface area contributed by atoms with E-state index in [1.54, 1.807) is 0 Å². The Hall–Kier alpha value is -0.830. The Labute approximate surface area is 112 Å². The van der Waals surface area contributed by atoms with Crippen LogP contribution < -0.4 is 5.32 Å². The standard InChI is InChI=1S/C15H29N3/c1-6-8-16-14(9-12(3)4)11-15-10-13(5)17-18(15)7-2/h10,12,14,16H,6-9,11H2,1-5H3. The zero-order valence-electron chi connectivity index (χ0n) is 12.7. The molecule has 0 fully saturated rings. The fourth-order valence-electron chi connectivity index (χ4n) is 2.45. The highest BCUT2D eigenvalue weighted by Crippen LogP contribution is 2.12. The molecule has 18 heavy (non-hydrogen) atoms. The predicted octanol–water partition coefficient (Wildman–Crippen LogP) is 3.17. The Bertz CT molecular complexity index is 342. The van der Waals surface area contributed by atoms with Gasteiger partial charge in [0.15, 0.2) is 0 Å². The Balaban J connectivity index is 2.68. The number of aromatic nitrogens is 2. The van der Waals surface area contributed by atoms with Gasteiger partial charge in [0.1, 0.15) is 0 Å². The van der Waals surface area contributed by atoms with Gasteiger partial charge in [-0.15, -0.1) is 0 Å². The van der Waals surface area contributed by atoms with Crippen molar-refractivity contribution in [3.63, 3.8) is 0 Å².